The fourth-order valence-electron chi connectivity index (χ4n) is 0.890. The van der Waals surface area contributed by atoms with Crippen molar-refractivity contribution in [3.05, 3.63) is 23.8 Å². The van der Waals surface area contributed by atoms with Gasteiger partial charge in [0, 0.05) is 5.57 Å². The minimum absolute atomic E-state index is 1.02. The first-order valence-electron chi connectivity index (χ1n) is 3.17. The Morgan fingerprint density at radius 1 is 1.56 bits per heavy atom. The van der Waals surface area contributed by atoms with Crippen LogP contribution in [-0.2, 0) is 0 Å². The van der Waals surface area contributed by atoms with Gasteiger partial charge in [-0.1, -0.05) is 12.2 Å². The SMILES string of the molecule is CC1=CC=CC[N+](C)=C1. The highest BCUT2D eigenvalue weighted by Gasteiger charge is 1.94. The van der Waals surface area contributed by atoms with Crippen molar-refractivity contribution in [2.75, 3.05) is 13.6 Å². The second-order valence-corrected chi connectivity index (χ2v) is 2.41. The van der Waals surface area contributed by atoms with Crippen molar-refractivity contribution in [1.29, 1.82) is 0 Å². The summed E-state index contributed by atoms with van der Waals surface area (Å²) >= 11 is 0. The van der Waals surface area contributed by atoms with Crippen LogP contribution < -0.4 is 0 Å². The van der Waals surface area contributed by atoms with Crippen molar-refractivity contribution in [2.45, 2.75) is 6.92 Å². The molecule has 0 aromatic carbocycles. The van der Waals surface area contributed by atoms with E-state index in [9.17, 15) is 0 Å². The van der Waals surface area contributed by atoms with Gasteiger partial charge in [-0.2, -0.15) is 0 Å². The zero-order valence-corrected chi connectivity index (χ0v) is 5.96. The van der Waals surface area contributed by atoms with Crippen molar-refractivity contribution in [3.8, 4) is 0 Å². The summed E-state index contributed by atoms with van der Waals surface area (Å²) in [6.07, 6.45) is 8.49. The van der Waals surface area contributed by atoms with Gasteiger partial charge >= 0.3 is 0 Å². The lowest BCUT2D eigenvalue weighted by Gasteiger charge is -1.87. The van der Waals surface area contributed by atoms with E-state index in [4.69, 9.17) is 0 Å². The number of rotatable bonds is 0. The van der Waals surface area contributed by atoms with Crippen LogP contribution >= 0.6 is 0 Å². The highest BCUT2D eigenvalue weighted by Crippen LogP contribution is 1.92. The fraction of sp³-hybridized carbons (Fsp3) is 0.375. The van der Waals surface area contributed by atoms with E-state index in [1.165, 1.54) is 5.57 Å². The third-order valence-electron chi connectivity index (χ3n) is 1.31. The van der Waals surface area contributed by atoms with Crippen LogP contribution in [0.3, 0.4) is 0 Å². The van der Waals surface area contributed by atoms with E-state index in [1.54, 1.807) is 0 Å². The molecule has 0 saturated carbocycles. The first-order valence-corrected chi connectivity index (χ1v) is 3.17. The summed E-state index contributed by atoms with van der Waals surface area (Å²) in [6, 6.07) is 0. The van der Waals surface area contributed by atoms with Crippen LogP contribution in [-0.4, -0.2) is 24.4 Å². The van der Waals surface area contributed by atoms with E-state index >= 15 is 0 Å². The maximum Gasteiger partial charge on any atom is 0.166 e. The minimum Gasteiger partial charge on any atom is -0.235 e. The van der Waals surface area contributed by atoms with E-state index in [0.717, 1.165) is 6.54 Å². The Kier molecular flexibility index (Phi) is 1.83. The lowest BCUT2D eigenvalue weighted by molar-refractivity contribution is -0.480. The molecule has 0 aromatic heterocycles. The first-order chi connectivity index (χ1) is 4.29. The molecule has 0 radical (unpaired) electrons. The van der Waals surface area contributed by atoms with Crippen LogP contribution in [0.5, 0.6) is 0 Å². The van der Waals surface area contributed by atoms with Crippen molar-refractivity contribution in [1.82, 2.24) is 0 Å². The zero-order chi connectivity index (χ0) is 6.69. The smallest absolute Gasteiger partial charge is 0.166 e. The lowest BCUT2D eigenvalue weighted by Crippen LogP contribution is -2.05. The largest absolute Gasteiger partial charge is 0.235 e. The van der Waals surface area contributed by atoms with Gasteiger partial charge in [-0.25, -0.2) is 4.58 Å². The normalized spacial score (nSPS) is 18.4. The molecule has 0 bridgehead atoms. The highest BCUT2D eigenvalue weighted by atomic mass is 14.9. The summed E-state index contributed by atoms with van der Waals surface area (Å²) in [5.74, 6) is 0. The number of hydrogen-bond donors (Lipinski definition) is 0. The van der Waals surface area contributed by atoms with Gasteiger partial charge in [-0.3, -0.25) is 0 Å². The van der Waals surface area contributed by atoms with Crippen LogP contribution in [0, 0.1) is 0 Å². The average Bonchev–Trinajstić information content (AvgIpc) is 1.93. The second-order valence-electron chi connectivity index (χ2n) is 2.41. The summed E-state index contributed by atoms with van der Waals surface area (Å²) in [4.78, 5) is 0. The summed E-state index contributed by atoms with van der Waals surface area (Å²) in [7, 11) is 2.08. The van der Waals surface area contributed by atoms with Crippen molar-refractivity contribution in [2.24, 2.45) is 0 Å². The van der Waals surface area contributed by atoms with E-state index in [-0.39, 0.29) is 0 Å². The van der Waals surface area contributed by atoms with Gasteiger partial charge in [0.1, 0.15) is 7.05 Å². The van der Waals surface area contributed by atoms with Gasteiger partial charge in [0.25, 0.3) is 0 Å². The Balaban J connectivity index is 2.82. The molecule has 0 N–H and O–H groups in total. The topological polar surface area (TPSA) is 3.01 Å². The van der Waals surface area contributed by atoms with Crippen LogP contribution in [0.1, 0.15) is 6.92 Å². The van der Waals surface area contributed by atoms with Crippen LogP contribution in [0.2, 0.25) is 0 Å². The van der Waals surface area contributed by atoms with Crippen molar-refractivity contribution in [3.63, 3.8) is 0 Å². The van der Waals surface area contributed by atoms with E-state index in [2.05, 4.69) is 43.0 Å². The molecule has 0 unspecified atom stereocenters. The molecule has 48 valence electrons. The van der Waals surface area contributed by atoms with Gasteiger partial charge in [-0.15, -0.1) is 0 Å². The Labute approximate surface area is 56.0 Å². The molecule has 1 aliphatic rings. The van der Waals surface area contributed by atoms with Crippen LogP contribution in [0.25, 0.3) is 0 Å². The van der Waals surface area contributed by atoms with Gasteiger partial charge in [0.15, 0.2) is 12.8 Å². The van der Waals surface area contributed by atoms with Gasteiger partial charge in [0.2, 0.25) is 0 Å². The summed E-state index contributed by atoms with van der Waals surface area (Å²) < 4.78 is 2.16. The Bertz CT molecular complexity index is 185. The molecular formula is C8H12N+. The quantitative estimate of drug-likeness (QED) is 0.425. The molecule has 1 heteroatoms. The summed E-state index contributed by atoms with van der Waals surface area (Å²) in [5, 5.41) is 0. The lowest BCUT2D eigenvalue weighted by atomic mass is 10.3. The van der Waals surface area contributed by atoms with Gasteiger partial charge < -0.3 is 0 Å². The number of allylic oxidation sites excluding steroid dienone is 3. The molecule has 0 amide bonds. The van der Waals surface area contributed by atoms with Crippen molar-refractivity contribution >= 4 is 6.21 Å². The predicted octanol–water partition coefficient (Wildman–Crippen LogP) is 1.22. The Morgan fingerprint density at radius 3 is 3.11 bits per heavy atom. The molecule has 1 rings (SSSR count). The van der Waals surface area contributed by atoms with Gasteiger partial charge in [0.05, 0.1) is 0 Å². The van der Waals surface area contributed by atoms with E-state index in [0.29, 0.717) is 0 Å². The van der Waals surface area contributed by atoms with Gasteiger partial charge in [-0.05, 0) is 13.0 Å². The Hall–Kier alpha value is -0.850. The summed E-state index contributed by atoms with van der Waals surface area (Å²) in [6.45, 7) is 3.12. The molecule has 1 aliphatic heterocycles. The second kappa shape index (κ2) is 2.62. The maximum absolute atomic E-state index is 2.16. The average molecular weight is 122 g/mol. The van der Waals surface area contributed by atoms with Crippen LogP contribution in [0.4, 0.5) is 0 Å². The molecule has 0 atom stereocenters. The zero-order valence-electron chi connectivity index (χ0n) is 5.96. The number of nitrogens with zero attached hydrogens (tertiary/aromatic N) is 1. The summed E-state index contributed by atoms with van der Waals surface area (Å²) in [5.41, 5.74) is 1.31. The number of hydrogen-bond acceptors (Lipinski definition) is 0. The predicted molar refractivity (Wildman–Crippen MR) is 40.0 cm³/mol. The molecule has 0 aliphatic carbocycles. The highest BCUT2D eigenvalue weighted by molar-refractivity contribution is 5.74. The third kappa shape index (κ3) is 1.84. The minimum atomic E-state index is 1.02. The maximum atomic E-state index is 2.16. The molecule has 0 fully saturated rings. The third-order valence-corrected chi connectivity index (χ3v) is 1.31. The molecule has 1 nitrogen and oxygen atoms in total. The van der Waals surface area contributed by atoms with E-state index < -0.39 is 0 Å². The number of likely N-dealkylation sites (N-methyl/N-ethyl adjacent to an activating group) is 1. The molecule has 0 spiro atoms. The first kappa shape index (κ1) is 6.27. The van der Waals surface area contributed by atoms with Crippen molar-refractivity contribution < 1.29 is 4.58 Å². The molecule has 1 heterocycles. The standard InChI is InChI=1S/C8H12N/c1-8-5-3-4-6-9(2)7-8/h3-5,7H,6H2,1-2H3/q+1. The molecular weight excluding hydrogens is 110 g/mol. The monoisotopic (exact) mass is 122 g/mol. The fourth-order valence-corrected chi connectivity index (χ4v) is 0.890. The van der Waals surface area contributed by atoms with Crippen LogP contribution in [0.15, 0.2) is 23.8 Å². The molecule has 0 saturated heterocycles. The molecule has 9 heavy (non-hydrogen) atoms. The van der Waals surface area contributed by atoms with E-state index in [1.807, 2.05) is 0 Å². The molecule has 0 aromatic rings. The Morgan fingerprint density at radius 2 is 2.33 bits per heavy atom.